The summed E-state index contributed by atoms with van der Waals surface area (Å²) in [5, 5.41) is 2.92. The van der Waals surface area contributed by atoms with Gasteiger partial charge in [0.05, 0.1) is 13.2 Å². The van der Waals surface area contributed by atoms with Gasteiger partial charge >= 0.3 is 5.97 Å². The summed E-state index contributed by atoms with van der Waals surface area (Å²) in [6.45, 7) is 4.03. The average molecular weight is 269 g/mol. The molecule has 0 amide bonds. The molecule has 4 nitrogen and oxygen atoms in total. The van der Waals surface area contributed by atoms with Gasteiger partial charge in [0.15, 0.2) is 11.6 Å². The molecule has 0 aliphatic rings. The zero-order valence-electron chi connectivity index (χ0n) is 11.5. The van der Waals surface area contributed by atoms with Gasteiger partial charge in [0.2, 0.25) is 0 Å². The number of carbonyl (C=O) groups is 1. The van der Waals surface area contributed by atoms with Crippen LogP contribution in [0.25, 0.3) is 0 Å². The van der Waals surface area contributed by atoms with E-state index in [1.54, 1.807) is 39.1 Å². The molecule has 1 unspecified atom stereocenters. The normalized spacial score (nSPS) is 13.7. The summed E-state index contributed by atoms with van der Waals surface area (Å²) in [5.74, 6) is -0.566. The summed E-state index contributed by atoms with van der Waals surface area (Å²) in [4.78, 5) is 11.8. The third kappa shape index (κ3) is 4.21. The van der Waals surface area contributed by atoms with Gasteiger partial charge < -0.3 is 14.8 Å². The van der Waals surface area contributed by atoms with Gasteiger partial charge in [0, 0.05) is 6.42 Å². The second-order valence-electron chi connectivity index (χ2n) is 4.33. The van der Waals surface area contributed by atoms with Gasteiger partial charge in [-0.2, -0.15) is 0 Å². The fraction of sp³-hybridized carbons (Fsp3) is 0.500. The van der Waals surface area contributed by atoms with Crippen molar-refractivity contribution in [2.45, 2.75) is 25.8 Å². The molecule has 1 N–H and O–H groups in total. The van der Waals surface area contributed by atoms with Gasteiger partial charge in [-0.1, -0.05) is 12.1 Å². The van der Waals surface area contributed by atoms with Gasteiger partial charge in [-0.3, -0.25) is 4.79 Å². The van der Waals surface area contributed by atoms with Crippen molar-refractivity contribution in [2.24, 2.45) is 0 Å². The summed E-state index contributed by atoms with van der Waals surface area (Å²) < 4.78 is 23.7. The maximum absolute atomic E-state index is 13.3. The smallest absolute Gasteiger partial charge is 0.326 e. The Morgan fingerprint density at radius 2 is 2.11 bits per heavy atom. The zero-order valence-corrected chi connectivity index (χ0v) is 11.5. The first-order chi connectivity index (χ1) is 9.03. The van der Waals surface area contributed by atoms with E-state index in [0.29, 0.717) is 13.0 Å². The van der Waals surface area contributed by atoms with Crippen LogP contribution < -0.4 is 10.1 Å². The summed E-state index contributed by atoms with van der Waals surface area (Å²) in [6, 6.07) is 6.17. The molecule has 106 valence electrons. The van der Waals surface area contributed by atoms with E-state index in [9.17, 15) is 9.18 Å². The second kappa shape index (κ2) is 7.09. The highest BCUT2D eigenvalue weighted by Gasteiger charge is 2.32. The number of halogens is 1. The highest BCUT2D eigenvalue weighted by Crippen LogP contribution is 2.18. The number of ether oxygens (including phenoxy) is 2. The number of nitrogens with one attached hydrogen (secondary N) is 1. The van der Waals surface area contributed by atoms with E-state index in [1.807, 2.05) is 0 Å². The van der Waals surface area contributed by atoms with Crippen molar-refractivity contribution in [3.63, 3.8) is 0 Å². The van der Waals surface area contributed by atoms with Crippen molar-refractivity contribution in [1.29, 1.82) is 0 Å². The van der Waals surface area contributed by atoms with Gasteiger partial charge in [0.25, 0.3) is 0 Å². The third-order valence-electron chi connectivity index (χ3n) is 2.97. The molecule has 1 atom stereocenters. The van der Waals surface area contributed by atoms with Crippen molar-refractivity contribution in [3.8, 4) is 5.75 Å². The van der Waals surface area contributed by atoms with Crippen molar-refractivity contribution in [2.75, 3.05) is 20.3 Å². The Bertz CT molecular complexity index is 425. The van der Waals surface area contributed by atoms with E-state index in [4.69, 9.17) is 9.47 Å². The molecular formula is C14H20FNO3. The van der Waals surface area contributed by atoms with E-state index >= 15 is 0 Å². The molecule has 5 heteroatoms. The summed E-state index contributed by atoms with van der Waals surface area (Å²) in [6.07, 6.45) is 0.386. The fourth-order valence-corrected chi connectivity index (χ4v) is 1.55. The summed E-state index contributed by atoms with van der Waals surface area (Å²) in [7, 11) is 1.68. The molecular weight excluding hydrogens is 249 g/mol. The number of para-hydroxylation sites is 1. The molecule has 1 aromatic carbocycles. The minimum Gasteiger partial charge on any atom is -0.490 e. The van der Waals surface area contributed by atoms with E-state index in [0.717, 1.165) is 0 Å². The van der Waals surface area contributed by atoms with Crippen molar-refractivity contribution < 1.29 is 18.7 Å². The molecule has 0 radical (unpaired) electrons. The molecule has 0 spiro atoms. The van der Waals surface area contributed by atoms with Crippen LogP contribution in [0.2, 0.25) is 0 Å². The Balaban J connectivity index is 2.55. The maximum Gasteiger partial charge on any atom is 0.326 e. The molecule has 0 saturated carbocycles. The largest absolute Gasteiger partial charge is 0.490 e. The predicted octanol–water partition coefficient (Wildman–Crippen LogP) is 2.14. The molecule has 1 aromatic rings. The van der Waals surface area contributed by atoms with Gasteiger partial charge in [-0.15, -0.1) is 0 Å². The van der Waals surface area contributed by atoms with Crippen LogP contribution >= 0.6 is 0 Å². The van der Waals surface area contributed by atoms with E-state index < -0.39 is 11.4 Å². The lowest BCUT2D eigenvalue weighted by atomic mass is 9.99. The van der Waals surface area contributed by atoms with Crippen LogP contribution in [0.1, 0.15) is 20.3 Å². The standard InChI is InChI=1S/C14H20FNO3/c1-4-18-13(17)14(2,16-3)9-10-19-12-8-6-5-7-11(12)15/h5-8,16H,4,9-10H2,1-3H3. The first-order valence-electron chi connectivity index (χ1n) is 6.27. The Hall–Kier alpha value is -1.62. The highest BCUT2D eigenvalue weighted by atomic mass is 19.1. The first-order valence-corrected chi connectivity index (χ1v) is 6.27. The molecule has 0 aromatic heterocycles. The van der Waals surface area contributed by atoms with Crippen LogP contribution in [0.5, 0.6) is 5.75 Å². The number of likely N-dealkylation sites (N-methyl/N-ethyl adjacent to an activating group) is 1. The highest BCUT2D eigenvalue weighted by molar-refractivity contribution is 5.80. The van der Waals surface area contributed by atoms with Crippen LogP contribution in [-0.2, 0) is 9.53 Å². The fourth-order valence-electron chi connectivity index (χ4n) is 1.55. The quantitative estimate of drug-likeness (QED) is 0.770. The number of rotatable bonds is 7. The Labute approximate surface area is 112 Å². The minimum atomic E-state index is -0.832. The monoisotopic (exact) mass is 269 g/mol. The molecule has 0 fully saturated rings. The lowest BCUT2D eigenvalue weighted by Crippen LogP contribution is -2.49. The van der Waals surface area contributed by atoms with Crippen molar-refractivity contribution >= 4 is 5.97 Å². The van der Waals surface area contributed by atoms with Gasteiger partial charge in [-0.25, -0.2) is 4.39 Å². The van der Waals surface area contributed by atoms with Crippen molar-refractivity contribution in [1.82, 2.24) is 5.32 Å². The summed E-state index contributed by atoms with van der Waals surface area (Å²) in [5.41, 5.74) is -0.832. The lowest BCUT2D eigenvalue weighted by Gasteiger charge is -2.26. The number of hydrogen-bond donors (Lipinski definition) is 1. The molecule has 0 heterocycles. The van der Waals surface area contributed by atoms with Crippen molar-refractivity contribution in [3.05, 3.63) is 30.1 Å². The van der Waals surface area contributed by atoms with Gasteiger partial charge in [-0.05, 0) is 33.0 Å². The second-order valence-corrected chi connectivity index (χ2v) is 4.33. The SMILES string of the molecule is CCOC(=O)C(C)(CCOc1ccccc1F)NC. The van der Waals surface area contributed by atoms with Crippen LogP contribution in [0.3, 0.4) is 0 Å². The Morgan fingerprint density at radius 1 is 1.42 bits per heavy atom. The summed E-state index contributed by atoms with van der Waals surface area (Å²) >= 11 is 0. The number of carbonyl (C=O) groups excluding carboxylic acids is 1. The van der Waals surface area contributed by atoms with Crippen LogP contribution in [0.15, 0.2) is 24.3 Å². The van der Waals surface area contributed by atoms with E-state index in [2.05, 4.69) is 5.32 Å². The molecule has 0 bridgehead atoms. The molecule has 0 saturated heterocycles. The predicted molar refractivity (Wildman–Crippen MR) is 70.6 cm³/mol. The van der Waals surface area contributed by atoms with E-state index in [1.165, 1.54) is 6.07 Å². The third-order valence-corrected chi connectivity index (χ3v) is 2.97. The first kappa shape index (κ1) is 15.4. The molecule has 0 aliphatic carbocycles. The van der Waals surface area contributed by atoms with E-state index in [-0.39, 0.29) is 18.3 Å². The molecule has 19 heavy (non-hydrogen) atoms. The lowest BCUT2D eigenvalue weighted by molar-refractivity contribution is -0.150. The maximum atomic E-state index is 13.3. The number of benzene rings is 1. The molecule has 0 aliphatic heterocycles. The zero-order chi connectivity index (χ0) is 14.3. The van der Waals surface area contributed by atoms with Crippen LogP contribution in [-0.4, -0.2) is 31.8 Å². The Morgan fingerprint density at radius 3 is 2.68 bits per heavy atom. The number of hydrogen-bond acceptors (Lipinski definition) is 4. The molecule has 1 rings (SSSR count). The van der Waals surface area contributed by atoms with Crippen LogP contribution in [0.4, 0.5) is 4.39 Å². The van der Waals surface area contributed by atoms with Gasteiger partial charge in [0.1, 0.15) is 5.54 Å². The average Bonchev–Trinajstić information content (AvgIpc) is 2.41. The number of esters is 1. The topological polar surface area (TPSA) is 47.6 Å². The Kier molecular flexibility index (Phi) is 5.76. The van der Waals surface area contributed by atoms with Crippen LogP contribution in [0, 0.1) is 5.82 Å². The minimum absolute atomic E-state index is 0.185.